The van der Waals surface area contributed by atoms with Crippen molar-refractivity contribution >= 4 is 62.5 Å². The number of rotatable bonds is 7. The minimum Gasteiger partial charge on any atom is -0.493 e. The Kier molecular flexibility index (Phi) is 7.21. The molecule has 0 atom stereocenters. The number of amides is 1. The SMILES string of the molecule is COc1cc(/C=C2/SC(=Nc3cccc(C(=O)O)c3)N(C)C2=O)c(Br)cc1OCC(=O)O. The van der Waals surface area contributed by atoms with Gasteiger partial charge < -0.3 is 19.7 Å². The van der Waals surface area contributed by atoms with Gasteiger partial charge in [0.15, 0.2) is 23.3 Å². The maximum Gasteiger partial charge on any atom is 0.341 e. The van der Waals surface area contributed by atoms with Gasteiger partial charge in [-0.2, -0.15) is 0 Å². The molecule has 1 aliphatic heterocycles. The first kappa shape index (κ1) is 23.4. The molecule has 0 aromatic heterocycles. The molecule has 32 heavy (non-hydrogen) atoms. The molecule has 166 valence electrons. The second-order valence-corrected chi connectivity index (χ2v) is 8.30. The number of amidine groups is 1. The number of carboxylic acids is 2. The zero-order chi connectivity index (χ0) is 23.4. The highest BCUT2D eigenvalue weighted by atomic mass is 79.9. The van der Waals surface area contributed by atoms with Crippen molar-refractivity contribution in [3.63, 3.8) is 0 Å². The van der Waals surface area contributed by atoms with Gasteiger partial charge in [-0.3, -0.25) is 9.69 Å². The van der Waals surface area contributed by atoms with Gasteiger partial charge in [0, 0.05) is 11.5 Å². The zero-order valence-corrected chi connectivity index (χ0v) is 19.3. The summed E-state index contributed by atoms with van der Waals surface area (Å²) in [7, 11) is 3.00. The molecule has 1 amide bonds. The van der Waals surface area contributed by atoms with Gasteiger partial charge >= 0.3 is 11.9 Å². The monoisotopic (exact) mass is 520 g/mol. The highest BCUT2D eigenvalue weighted by Crippen LogP contribution is 2.38. The molecule has 1 fully saturated rings. The van der Waals surface area contributed by atoms with Crippen molar-refractivity contribution in [3.8, 4) is 11.5 Å². The number of ether oxygens (including phenoxy) is 2. The van der Waals surface area contributed by atoms with Gasteiger partial charge in [-0.25, -0.2) is 14.6 Å². The number of aromatic carboxylic acids is 1. The van der Waals surface area contributed by atoms with Crippen LogP contribution in [0.2, 0.25) is 0 Å². The third kappa shape index (κ3) is 5.29. The lowest BCUT2D eigenvalue weighted by Gasteiger charge is -2.11. The number of likely N-dealkylation sites (N-methyl/N-ethyl adjacent to an activating group) is 1. The van der Waals surface area contributed by atoms with E-state index < -0.39 is 18.5 Å². The fourth-order valence-corrected chi connectivity index (χ4v) is 4.10. The van der Waals surface area contributed by atoms with E-state index in [-0.39, 0.29) is 17.2 Å². The number of carbonyl (C=O) groups excluding carboxylic acids is 1. The van der Waals surface area contributed by atoms with Crippen molar-refractivity contribution in [3.05, 3.63) is 56.9 Å². The van der Waals surface area contributed by atoms with Crippen LogP contribution in [0.4, 0.5) is 5.69 Å². The summed E-state index contributed by atoms with van der Waals surface area (Å²) in [5.74, 6) is -1.91. The number of nitrogens with zero attached hydrogens (tertiary/aromatic N) is 2. The summed E-state index contributed by atoms with van der Waals surface area (Å²) in [6.45, 7) is -0.523. The van der Waals surface area contributed by atoms with Gasteiger partial charge in [0.25, 0.3) is 5.91 Å². The first-order chi connectivity index (χ1) is 15.2. The summed E-state index contributed by atoms with van der Waals surface area (Å²) in [5.41, 5.74) is 1.12. The van der Waals surface area contributed by atoms with E-state index in [2.05, 4.69) is 20.9 Å². The van der Waals surface area contributed by atoms with E-state index in [4.69, 9.17) is 19.7 Å². The average Bonchev–Trinajstić information content (AvgIpc) is 3.01. The Morgan fingerprint density at radius 2 is 1.97 bits per heavy atom. The number of benzene rings is 2. The van der Waals surface area contributed by atoms with E-state index in [1.54, 1.807) is 37.4 Å². The summed E-state index contributed by atoms with van der Waals surface area (Å²) >= 11 is 4.54. The van der Waals surface area contributed by atoms with Crippen LogP contribution < -0.4 is 9.47 Å². The van der Waals surface area contributed by atoms with Crippen LogP contribution in [0.1, 0.15) is 15.9 Å². The number of aliphatic carboxylic acids is 1. The van der Waals surface area contributed by atoms with Gasteiger partial charge in [0.2, 0.25) is 0 Å². The molecule has 2 N–H and O–H groups in total. The Bertz CT molecular complexity index is 1160. The third-order valence-electron chi connectivity index (χ3n) is 4.24. The van der Waals surface area contributed by atoms with Crippen LogP contribution in [-0.2, 0) is 9.59 Å². The van der Waals surface area contributed by atoms with Crippen molar-refractivity contribution in [2.24, 2.45) is 4.99 Å². The van der Waals surface area contributed by atoms with Gasteiger partial charge in [0.05, 0.1) is 23.3 Å². The van der Waals surface area contributed by atoms with Gasteiger partial charge in [-0.05, 0) is 53.7 Å². The number of methoxy groups -OCH3 is 1. The molecule has 0 saturated carbocycles. The molecule has 2 aromatic rings. The molecule has 0 unspecified atom stereocenters. The lowest BCUT2D eigenvalue weighted by Crippen LogP contribution is -2.23. The third-order valence-corrected chi connectivity index (χ3v) is 5.99. The molecule has 9 nitrogen and oxygen atoms in total. The normalized spacial score (nSPS) is 16.0. The minimum absolute atomic E-state index is 0.0980. The molecule has 11 heteroatoms. The number of aliphatic imine (C=N–C) groups is 1. The van der Waals surface area contributed by atoms with Crippen LogP contribution >= 0.6 is 27.7 Å². The zero-order valence-electron chi connectivity index (χ0n) is 16.9. The van der Waals surface area contributed by atoms with Crippen LogP contribution in [-0.4, -0.2) is 58.9 Å². The maximum atomic E-state index is 12.7. The summed E-state index contributed by atoms with van der Waals surface area (Å²) in [5, 5.41) is 18.3. The highest BCUT2D eigenvalue weighted by Gasteiger charge is 2.30. The Balaban J connectivity index is 1.91. The molecule has 0 radical (unpaired) electrons. The topological polar surface area (TPSA) is 126 Å². The number of hydrogen-bond donors (Lipinski definition) is 2. The van der Waals surface area contributed by atoms with Crippen molar-refractivity contribution < 1.29 is 34.1 Å². The predicted molar refractivity (Wildman–Crippen MR) is 123 cm³/mol. The number of hydrogen-bond acceptors (Lipinski definition) is 7. The smallest absolute Gasteiger partial charge is 0.341 e. The van der Waals surface area contributed by atoms with Crippen molar-refractivity contribution in [1.82, 2.24) is 4.90 Å². The Labute approximate surface area is 195 Å². The van der Waals surface area contributed by atoms with Crippen molar-refractivity contribution in [2.75, 3.05) is 20.8 Å². The van der Waals surface area contributed by atoms with Gasteiger partial charge in [-0.1, -0.05) is 22.0 Å². The van der Waals surface area contributed by atoms with Crippen LogP contribution in [0.3, 0.4) is 0 Å². The number of halogens is 1. The van der Waals surface area contributed by atoms with Gasteiger partial charge in [0.1, 0.15) is 0 Å². The van der Waals surface area contributed by atoms with Crippen LogP contribution in [0.5, 0.6) is 11.5 Å². The lowest BCUT2D eigenvalue weighted by molar-refractivity contribution is -0.139. The first-order valence-electron chi connectivity index (χ1n) is 9.01. The van der Waals surface area contributed by atoms with Crippen LogP contribution in [0.25, 0.3) is 6.08 Å². The van der Waals surface area contributed by atoms with Crippen molar-refractivity contribution in [1.29, 1.82) is 0 Å². The van der Waals surface area contributed by atoms with E-state index in [9.17, 15) is 14.4 Å². The fourth-order valence-electron chi connectivity index (χ4n) is 2.69. The summed E-state index contributed by atoms with van der Waals surface area (Å²) < 4.78 is 11.1. The van der Waals surface area contributed by atoms with Gasteiger partial charge in [-0.15, -0.1) is 0 Å². The molecule has 2 aromatic carbocycles. The second kappa shape index (κ2) is 9.88. The molecule has 1 aliphatic rings. The number of thioether (sulfide) groups is 1. The van der Waals surface area contributed by atoms with Crippen molar-refractivity contribution in [2.45, 2.75) is 0 Å². The molecule has 1 saturated heterocycles. The number of carboxylic acid groups (broad SMARTS) is 2. The van der Waals surface area contributed by atoms with E-state index in [0.29, 0.717) is 31.5 Å². The summed E-state index contributed by atoms with van der Waals surface area (Å²) in [6, 6.07) is 9.30. The molecule has 0 bridgehead atoms. The van der Waals surface area contributed by atoms with Crippen LogP contribution in [0, 0.1) is 0 Å². The minimum atomic E-state index is -1.12. The van der Waals surface area contributed by atoms with E-state index in [1.165, 1.54) is 24.1 Å². The van der Waals surface area contributed by atoms with E-state index in [0.717, 1.165) is 11.8 Å². The Hall–Kier alpha value is -3.31. The molecular formula is C21H17BrN2O7S. The Morgan fingerprint density at radius 3 is 2.62 bits per heavy atom. The molecule has 3 rings (SSSR count). The maximum absolute atomic E-state index is 12.7. The largest absolute Gasteiger partial charge is 0.493 e. The molecule has 0 aliphatic carbocycles. The van der Waals surface area contributed by atoms with E-state index >= 15 is 0 Å². The lowest BCUT2D eigenvalue weighted by atomic mass is 10.2. The standard InChI is InChI=1S/C21H17BrN2O7S/c1-24-19(27)17(32-21(24)23-13-5-3-4-11(6-13)20(28)29)8-12-7-15(30-2)16(9-14(12)22)31-10-18(25)26/h3-9H,10H2,1-2H3,(H,25,26)(H,28,29)/b17-8+,23-21?. The molecular weight excluding hydrogens is 504 g/mol. The Morgan fingerprint density at radius 1 is 1.22 bits per heavy atom. The molecule has 0 spiro atoms. The molecule has 1 heterocycles. The summed E-state index contributed by atoms with van der Waals surface area (Å²) in [4.78, 5) is 40.8. The fraction of sp³-hybridized carbons (Fsp3) is 0.143. The second-order valence-electron chi connectivity index (χ2n) is 6.43. The highest BCUT2D eigenvalue weighted by molar-refractivity contribution is 9.10. The van der Waals surface area contributed by atoms with Crippen LogP contribution in [0.15, 0.2) is 50.8 Å². The first-order valence-corrected chi connectivity index (χ1v) is 10.6. The average molecular weight is 521 g/mol. The number of carbonyl (C=O) groups is 3. The predicted octanol–water partition coefficient (Wildman–Crippen LogP) is 3.85. The quantitative estimate of drug-likeness (QED) is 0.527. The summed E-state index contributed by atoms with van der Waals surface area (Å²) in [6.07, 6.45) is 1.65. The van der Waals surface area contributed by atoms with E-state index in [1.807, 2.05) is 0 Å².